The van der Waals surface area contributed by atoms with Gasteiger partial charge in [-0.3, -0.25) is 9.82 Å². The zero-order valence-electron chi connectivity index (χ0n) is 12.3. The maximum absolute atomic E-state index is 12.1. The van der Waals surface area contributed by atoms with Crippen LogP contribution in [0.2, 0.25) is 0 Å². The lowest BCUT2D eigenvalue weighted by molar-refractivity contribution is -0.219. The van der Waals surface area contributed by atoms with Gasteiger partial charge >= 0.3 is 6.09 Å². The smallest absolute Gasteiger partial charge is 0.434 e. The van der Waals surface area contributed by atoms with E-state index in [1.54, 1.807) is 39.2 Å². The molecule has 0 aliphatic carbocycles. The van der Waals surface area contributed by atoms with Crippen molar-refractivity contribution in [3.63, 3.8) is 0 Å². The number of aliphatic hydroxyl groups is 1. The van der Waals surface area contributed by atoms with E-state index >= 15 is 0 Å². The molecular formula is C14H19BrN2O4. The van der Waals surface area contributed by atoms with E-state index in [4.69, 9.17) is 9.57 Å². The first-order chi connectivity index (χ1) is 9.71. The van der Waals surface area contributed by atoms with Crippen LogP contribution in [0.3, 0.4) is 0 Å². The first-order valence-electron chi connectivity index (χ1n) is 6.67. The molecule has 6 nitrogen and oxygen atoms in total. The maximum Gasteiger partial charge on any atom is 0.434 e. The summed E-state index contributed by atoms with van der Waals surface area (Å²) in [4.78, 5) is 21.4. The normalized spacial score (nSPS) is 23.0. The van der Waals surface area contributed by atoms with Gasteiger partial charge in [-0.15, -0.1) is 0 Å². The van der Waals surface area contributed by atoms with Crippen molar-refractivity contribution in [3.05, 3.63) is 28.5 Å². The molecule has 0 saturated carbocycles. The zero-order valence-corrected chi connectivity index (χ0v) is 13.9. The number of carbonyl (C=O) groups excluding carboxylic acids is 1. The molecule has 1 N–H and O–H groups in total. The van der Waals surface area contributed by atoms with E-state index in [9.17, 15) is 9.90 Å². The number of hydrogen-bond acceptors (Lipinski definition) is 5. The van der Waals surface area contributed by atoms with Crippen LogP contribution in [-0.2, 0) is 15.2 Å². The minimum Gasteiger partial charge on any atom is -0.442 e. The molecule has 1 atom stereocenters. The Hall–Kier alpha value is -1.18. The highest BCUT2D eigenvalue weighted by atomic mass is 79.9. The van der Waals surface area contributed by atoms with E-state index in [0.29, 0.717) is 16.5 Å². The maximum atomic E-state index is 12.1. The summed E-state index contributed by atoms with van der Waals surface area (Å²) in [5.41, 5.74) is -1.14. The number of halogens is 1. The Morgan fingerprint density at radius 1 is 1.57 bits per heavy atom. The van der Waals surface area contributed by atoms with Gasteiger partial charge < -0.3 is 9.84 Å². The van der Waals surface area contributed by atoms with Gasteiger partial charge in [0, 0.05) is 28.9 Å². The average molecular weight is 359 g/mol. The lowest BCUT2D eigenvalue weighted by Gasteiger charge is -2.39. The molecule has 1 aliphatic heterocycles. The van der Waals surface area contributed by atoms with Gasteiger partial charge in [-0.1, -0.05) is 0 Å². The number of hydrogen-bond donors (Lipinski definition) is 1. The fourth-order valence-electron chi connectivity index (χ4n) is 2.09. The van der Waals surface area contributed by atoms with Gasteiger partial charge in [-0.2, -0.15) is 5.06 Å². The molecule has 1 aliphatic rings. The Balaban J connectivity index is 2.17. The lowest BCUT2D eigenvalue weighted by atomic mass is 9.90. The van der Waals surface area contributed by atoms with Gasteiger partial charge in [-0.05, 0) is 42.8 Å². The minimum absolute atomic E-state index is 0.00449. The summed E-state index contributed by atoms with van der Waals surface area (Å²) in [5.74, 6) is 0. The summed E-state index contributed by atoms with van der Waals surface area (Å²) in [6.07, 6.45) is 2.99. The molecule has 1 amide bonds. The highest BCUT2D eigenvalue weighted by molar-refractivity contribution is 9.10. The van der Waals surface area contributed by atoms with E-state index in [1.165, 1.54) is 0 Å². The third-order valence-corrected chi connectivity index (χ3v) is 3.67. The highest BCUT2D eigenvalue weighted by Crippen LogP contribution is 2.34. The molecule has 0 bridgehead atoms. The quantitative estimate of drug-likeness (QED) is 0.835. The van der Waals surface area contributed by atoms with Crippen LogP contribution >= 0.6 is 15.9 Å². The van der Waals surface area contributed by atoms with Crippen LogP contribution in [0.4, 0.5) is 4.79 Å². The van der Waals surface area contributed by atoms with Crippen molar-refractivity contribution < 1.29 is 19.5 Å². The number of carbonyl (C=O) groups is 1. The van der Waals surface area contributed by atoms with Crippen molar-refractivity contribution in [2.75, 3.05) is 13.2 Å². The Morgan fingerprint density at radius 2 is 2.29 bits per heavy atom. The largest absolute Gasteiger partial charge is 0.442 e. The second kappa shape index (κ2) is 5.90. The molecule has 1 saturated heterocycles. The molecule has 1 fully saturated rings. The van der Waals surface area contributed by atoms with Crippen LogP contribution in [0.5, 0.6) is 0 Å². The third-order valence-electron chi connectivity index (χ3n) is 3.04. The molecule has 0 spiro atoms. The average Bonchev–Trinajstić information content (AvgIpc) is 2.37. The summed E-state index contributed by atoms with van der Waals surface area (Å²) < 4.78 is 5.96. The lowest BCUT2D eigenvalue weighted by Crippen LogP contribution is -2.50. The molecule has 1 aromatic heterocycles. The van der Waals surface area contributed by atoms with Crippen LogP contribution in [-0.4, -0.2) is 40.0 Å². The number of hydroxylamine groups is 2. The number of β-amino-alcohol motifs (C(OH)–C–C–N with tert-alkyl or cyclic N) is 1. The van der Waals surface area contributed by atoms with Crippen molar-refractivity contribution in [2.45, 2.75) is 38.4 Å². The molecule has 1 aromatic rings. The highest BCUT2D eigenvalue weighted by Gasteiger charge is 2.40. The third kappa shape index (κ3) is 3.93. The van der Waals surface area contributed by atoms with Gasteiger partial charge in [-0.25, -0.2) is 4.79 Å². The van der Waals surface area contributed by atoms with E-state index in [-0.39, 0.29) is 13.2 Å². The Morgan fingerprint density at radius 3 is 2.90 bits per heavy atom. The number of nitrogens with zero attached hydrogens (tertiary/aromatic N) is 2. The number of rotatable bonds is 1. The summed E-state index contributed by atoms with van der Waals surface area (Å²) in [6, 6.07) is 1.72. The van der Waals surface area contributed by atoms with Crippen molar-refractivity contribution in [1.29, 1.82) is 0 Å². The molecule has 7 heteroatoms. The van der Waals surface area contributed by atoms with Crippen molar-refractivity contribution in [2.24, 2.45) is 0 Å². The topological polar surface area (TPSA) is 71.9 Å². The molecule has 2 heterocycles. The molecule has 21 heavy (non-hydrogen) atoms. The number of amides is 1. The fraction of sp³-hybridized carbons (Fsp3) is 0.571. The van der Waals surface area contributed by atoms with E-state index in [1.807, 2.05) is 0 Å². The number of aromatic nitrogens is 1. The van der Waals surface area contributed by atoms with Crippen molar-refractivity contribution in [1.82, 2.24) is 10.0 Å². The monoisotopic (exact) mass is 358 g/mol. The predicted octanol–water partition coefficient (Wildman–Crippen LogP) is 2.60. The molecule has 116 valence electrons. The first kappa shape index (κ1) is 16.2. The predicted molar refractivity (Wildman–Crippen MR) is 79.3 cm³/mol. The Labute approximate surface area is 132 Å². The Kier molecular flexibility index (Phi) is 4.55. The van der Waals surface area contributed by atoms with Crippen LogP contribution in [0.25, 0.3) is 0 Å². The van der Waals surface area contributed by atoms with Gasteiger partial charge in [0.15, 0.2) is 0 Å². The van der Waals surface area contributed by atoms with E-state index < -0.39 is 17.3 Å². The second-order valence-corrected chi connectivity index (χ2v) is 6.84. The fourth-order valence-corrected chi connectivity index (χ4v) is 2.71. The van der Waals surface area contributed by atoms with Crippen LogP contribution < -0.4 is 0 Å². The first-order valence-corrected chi connectivity index (χ1v) is 7.46. The SMILES string of the molecule is CC(C)(C)OC(=O)N1CC(O)(c2ccncc2Br)CCO1. The van der Waals surface area contributed by atoms with Gasteiger partial charge in [0.2, 0.25) is 0 Å². The van der Waals surface area contributed by atoms with Crippen molar-refractivity contribution >= 4 is 22.0 Å². The summed E-state index contributed by atoms with van der Waals surface area (Å²) in [6.45, 7) is 5.57. The standard InChI is InChI=1S/C14H19BrN2O4/c1-13(2,3)21-12(18)17-9-14(19,5-7-20-17)10-4-6-16-8-11(10)15/h4,6,8,19H,5,7,9H2,1-3H3. The molecule has 1 unspecified atom stereocenters. The minimum atomic E-state index is -1.20. The van der Waals surface area contributed by atoms with Gasteiger partial charge in [0.05, 0.1) is 13.2 Å². The second-order valence-electron chi connectivity index (χ2n) is 5.99. The van der Waals surface area contributed by atoms with Crippen LogP contribution in [0.15, 0.2) is 22.9 Å². The van der Waals surface area contributed by atoms with Crippen molar-refractivity contribution in [3.8, 4) is 0 Å². The van der Waals surface area contributed by atoms with Gasteiger partial charge in [0.1, 0.15) is 11.2 Å². The van der Waals surface area contributed by atoms with Crippen LogP contribution in [0, 0.1) is 0 Å². The summed E-state index contributed by atoms with van der Waals surface area (Å²) >= 11 is 3.37. The molecule has 0 aromatic carbocycles. The van der Waals surface area contributed by atoms with Gasteiger partial charge in [0.25, 0.3) is 0 Å². The van der Waals surface area contributed by atoms with E-state index in [0.717, 1.165) is 5.06 Å². The summed E-state index contributed by atoms with van der Waals surface area (Å²) in [5, 5.41) is 11.9. The van der Waals surface area contributed by atoms with E-state index in [2.05, 4.69) is 20.9 Å². The number of ether oxygens (including phenoxy) is 1. The summed E-state index contributed by atoms with van der Waals surface area (Å²) in [7, 11) is 0. The molecule has 0 radical (unpaired) electrons. The number of pyridine rings is 1. The molecule has 2 rings (SSSR count). The van der Waals surface area contributed by atoms with Crippen LogP contribution in [0.1, 0.15) is 32.8 Å². The zero-order chi connectivity index (χ0) is 15.7. The Bertz CT molecular complexity index is 532. The molecular weight excluding hydrogens is 340 g/mol.